The zero-order chi connectivity index (χ0) is 19.2. The lowest BCUT2D eigenvalue weighted by atomic mass is 9.97. The minimum atomic E-state index is -0.256. The van der Waals surface area contributed by atoms with Crippen LogP contribution < -0.4 is 5.32 Å². The SMILES string of the molecule is CC1CCN(C(CNC(=O)C(C)Cc2ccc(F)cc2)c2ccco2)CC1. The summed E-state index contributed by atoms with van der Waals surface area (Å²) in [7, 11) is 0. The lowest BCUT2D eigenvalue weighted by Gasteiger charge is -2.36. The van der Waals surface area contributed by atoms with Gasteiger partial charge in [-0.2, -0.15) is 0 Å². The van der Waals surface area contributed by atoms with Crippen molar-refractivity contribution < 1.29 is 13.6 Å². The Labute approximate surface area is 160 Å². The predicted molar refractivity (Wildman–Crippen MR) is 104 cm³/mol. The predicted octanol–water partition coefficient (Wildman–Crippen LogP) is 4.19. The second-order valence-corrected chi connectivity index (χ2v) is 7.73. The largest absolute Gasteiger partial charge is 0.468 e. The molecule has 2 heterocycles. The maximum absolute atomic E-state index is 13.0. The van der Waals surface area contributed by atoms with Gasteiger partial charge in [0.25, 0.3) is 0 Å². The first-order chi connectivity index (χ1) is 13.0. The van der Waals surface area contributed by atoms with Crippen molar-refractivity contribution >= 4 is 5.91 Å². The van der Waals surface area contributed by atoms with Crippen molar-refractivity contribution in [1.82, 2.24) is 10.2 Å². The molecule has 0 bridgehead atoms. The number of carbonyl (C=O) groups is 1. The van der Waals surface area contributed by atoms with Crippen LogP contribution in [0.25, 0.3) is 0 Å². The van der Waals surface area contributed by atoms with Crippen LogP contribution in [-0.2, 0) is 11.2 Å². The average molecular weight is 372 g/mol. The Morgan fingerprint density at radius 3 is 2.59 bits per heavy atom. The Hall–Kier alpha value is -2.14. The number of nitrogens with one attached hydrogen (secondary N) is 1. The van der Waals surface area contributed by atoms with Crippen molar-refractivity contribution in [2.45, 2.75) is 39.2 Å². The molecule has 5 heteroatoms. The lowest BCUT2D eigenvalue weighted by Crippen LogP contribution is -2.43. The van der Waals surface area contributed by atoms with E-state index in [1.165, 1.54) is 25.0 Å². The van der Waals surface area contributed by atoms with Crippen LogP contribution in [0.4, 0.5) is 4.39 Å². The Kier molecular flexibility index (Phi) is 6.67. The number of likely N-dealkylation sites (tertiary alicyclic amines) is 1. The van der Waals surface area contributed by atoms with E-state index in [1.54, 1.807) is 18.4 Å². The molecule has 1 aliphatic rings. The zero-order valence-electron chi connectivity index (χ0n) is 16.2. The second-order valence-electron chi connectivity index (χ2n) is 7.73. The summed E-state index contributed by atoms with van der Waals surface area (Å²) >= 11 is 0. The number of piperidine rings is 1. The van der Waals surface area contributed by atoms with Gasteiger partial charge < -0.3 is 9.73 Å². The van der Waals surface area contributed by atoms with Crippen molar-refractivity contribution in [3.8, 4) is 0 Å². The second kappa shape index (κ2) is 9.18. The summed E-state index contributed by atoms with van der Waals surface area (Å²) in [4.78, 5) is 15.0. The minimum absolute atomic E-state index is 0.0151. The van der Waals surface area contributed by atoms with Gasteiger partial charge in [-0.05, 0) is 68.1 Å². The molecule has 4 nitrogen and oxygen atoms in total. The Morgan fingerprint density at radius 1 is 1.26 bits per heavy atom. The molecule has 0 spiro atoms. The first-order valence-electron chi connectivity index (χ1n) is 9.82. The number of hydrogen-bond donors (Lipinski definition) is 1. The number of furan rings is 1. The van der Waals surface area contributed by atoms with Crippen LogP contribution in [0.1, 0.15) is 44.1 Å². The van der Waals surface area contributed by atoms with Crippen LogP contribution in [0.2, 0.25) is 0 Å². The van der Waals surface area contributed by atoms with Gasteiger partial charge in [0.2, 0.25) is 5.91 Å². The highest BCUT2D eigenvalue weighted by Crippen LogP contribution is 2.26. The van der Waals surface area contributed by atoms with E-state index in [2.05, 4.69) is 17.1 Å². The fraction of sp³-hybridized carbons (Fsp3) is 0.500. The van der Waals surface area contributed by atoms with Gasteiger partial charge in [-0.3, -0.25) is 9.69 Å². The van der Waals surface area contributed by atoms with Gasteiger partial charge in [-0.1, -0.05) is 26.0 Å². The summed E-state index contributed by atoms with van der Waals surface area (Å²) in [5.74, 6) is 1.24. The molecule has 2 aromatic rings. The fourth-order valence-electron chi connectivity index (χ4n) is 3.67. The van der Waals surface area contributed by atoms with Gasteiger partial charge in [-0.15, -0.1) is 0 Å². The molecule has 1 N–H and O–H groups in total. The van der Waals surface area contributed by atoms with Gasteiger partial charge in [0.15, 0.2) is 0 Å². The van der Waals surface area contributed by atoms with E-state index in [-0.39, 0.29) is 23.7 Å². The quantitative estimate of drug-likeness (QED) is 0.793. The fourth-order valence-corrected chi connectivity index (χ4v) is 3.67. The lowest BCUT2D eigenvalue weighted by molar-refractivity contribution is -0.124. The highest BCUT2D eigenvalue weighted by molar-refractivity contribution is 5.78. The topological polar surface area (TPSA) is 45.5 Å². The average Bonchev–Trinajstić information content (AvgIpc) is 3.19. The van der Waals surface area contributed by atoms with Crippen LogP contribution in [0.5, 0.6) is 0 Å². The molecule has 1 aromatic carbocycles. The van der Waals surface area contributed by atoms with Crippen molar-refractivity contribution in [2.24, 2.45) is 11.8 Å². The summed E-state index contributed by atoms with van der Waals surface area (Å²) in [5.41, 5.74) is 0.964. The summed E-state index contributed by atoms with van der Waals surface area (Å²) in [6.07, 6.45) is 4.63. The van der Waals surface area contributed by atoms with Crippen molar-refractivity contribution in [1.29, 1.82) is 0 Å². The maximum Gasteiger partial charge on any atom is 0.223 e. The van der Waals surface area contributed by atoms with Gasteiger partial charge in [0.1, 0.15) is 11.6 Å². The highest BCUT2D eigenvalue weighted by Gasteiger charge is 2.27. The maximum atomic E-state index is 13.0. The first kappa shape index (κ1) is 19.6. The van der Waals surface area contributed by atoms with E-state index < -0.39 is 0 Å². The summed E-state index contributed by atoms with van der Waals surface area (Å²) in [5, 5.41) is 3.10. The van der Waals surface area contributed by atoms with Gasteiger partial charge in [-0.25, -0.2) is 4.39 Å². The smallest absolute Gasteiger partial charge is 0.223 e. The molecule has 1 aromatic heterocycles. The van der Waals surface area contributed by atoms with Crippen LogP contribution >= 0.6 is 0 Å². The van der Waals surface area contributed by atoms with Crippen LogP contribution in [-0.4, -0.2) is 30.4 Å². The molecule has 27 heavy (non-hydrogen) atoms. The third kappa shape index (κ3) is 5.42. The van der Waals surface area contributed by atoms with Gasteiger partial charge in [0, 0.05) is 12.5 Å². The molecule has 0 radical (unpaired) electrons. The molecule has 1 saturated heterocycles. The zero-order valence-corrected chi connectivity index (χ0v) is 16.2. The van der Waals surface area contributed by atoms with Crippen molar-refractivity contribution in [3.05, 3.63) is 59.8 Å². The molecule has 146 valence electrons. The molecule has 0 aliphatic carbocycles. The summed E-state index contributed by atoms with van der Waals surface area (Å²) in [6, 6.07) is 10.3. The third-order valence-corrected chi connectivity index (χ3v) is 5.50. The van der Waals surface area contributed by atoms with Crippen molar-refractivity contribution in [2.75, 3.05) is 19.6 Å². The molecule has 1 aliphatic heterocycles. The van der Waals surface area contributed by atoms with Crippen LogP contribution in [0.3, 0.4) is 0 Å². The number of nitrogens with zero attached hydrogens (tertiary/aromatic N) is 1. The van der Waals surface area contributed by atoms with Gasteiger partial charge in [0.05, 0.1) is 12.3 Å². The van der Waals surface area contributed by atoms with Crippen LogP contribution in [0, 0.1) is 17.7 Å². The van der Waals surface area contributed by atoms with E-state index >= 15 is 0 Å². The molecule has 0 saturated carbocycles. The van der Waals surface area contributed by atoms with Gasteiger partial charge >= 0.3 is 0 Å². The molecule has 2 unspecified atom stereocenters. The first-order valence-corrected chi connectivity index (χ1v) is 9.82. The summed E-state index contributed by atoms with van der Waals surface area (Å²) < 4.78 is 18.7. The Morgan fingerprint density at radius 2 is 1.96 bits per heavy atom. The molecular weight excluding hydrogens is 343 g/mol. The summed E-state index contributed by atoms with van der Waals surface area (Å²) in [6.45, 7) is 6.77. The highest BCUT2D eigenvalue weighted by atomic mass is 19.1. The number of amides is 1. The molecular formula is C22H29FN2O2. The van der Waals surface area contributed by atoms with E-state index in [0.29, 0.717) is 13.0 Å². The van der Waals surface area contributed by atoms with E-state index in [4.69, 9.17) is 4.42 Å². The number of benzene rings is 1. The molecule has 1 fully saturated rings. The molecule has 1 amide bonds. The normalized spacial score (nSPS) is 18.2. The number of rotatable bonds is 7. The third-order valence-electron chi connectivity index (χ3n) is 5.50. The Balaban J connectivity index is 1.57. The van der Waals surface area contributed by atoms with E-state index in [0.717, 1.165) is 30.3 Å². The van der Waals surface area contributed by atoms with Crippen LogP contribution in [0.15, 0.2) is 47.1 Å². The molecule has 3 rings (SSSR count). The van der Waals surface area contributed by atoms with Crippen molar-refractivity contribution in [3.63, 3.8) is 0 Å². The number of hydrogen-bond acceptors (Lipinski definition) is 3. The number of halogens is 1. The van der Waals surface area contributed by atoms with E-state index in [9.17, 15) is 9.18 Å². The minimum Gasteiger partial charge on any atom is -0.468 e. The molecule has 2 atom stereocenters. The standard InChI is InChI=1S/C22H29FN2O2/c1-16-9-11-25(12-10-16)20(21-4-3-13-27-21)15-24-22(26)17(2)14-18-5-7-19(23)8-6-18/h3-8,13,16-17,20H,9-12,14-15H2,1-2H3,(H,24,26). The Bertz CT molecular complexity index is 706. The number of carbonyl (C=O) groups excluding carboxylic acids is 1. The monoisotopic (exact) mass is 372 g/mol. The van der Waals surface area contributed by atoms with E-state index in [1.807, 2.05) is 19.1 Å².